The van der Waals surface area contributed by atoms with E-state index in [0.29, 0.717) is 0 Å². The van der Waals surface area contributed by atoms with E-state index in [2.05, 4.69) is 9.71 Å². The summed E-state index contributed by atoms with van der Waals surface area (Å²) < 4.78 is 39.7. The molecular formula is C13H14FN3O2S. The Hall–Kier alpha value is -1.83. The van der Waals surface area contributed by atoms with Crippen LogP contribution < -0.4 is 10.5 Å². The fourth-order valence-electron chi connectivity index (χ4n) is 1.58. The Labute approximate surface area is 116 Å². The molecule has 3 N–H and O–H groups in total. The zero-order chi connectivity index (χ0) is 14.6. The molecule has 1 aromatic heterocycles. The maximum Gasteiger partial charge on any atom is 0.258 e. The molecule has 0 atom stereocenters. The second kappa shape index (κ2) is 6.08. The van der Waals surface area contributed by atoms with Crippen LogP contribution in [0.3, 0.4) is 0 Å². The molecule has 0 radical (unpaired) electrons. The average Bonchev–Trinajstić information content (AvgIpc) is 2.46. The molecule has 1 aromatic carbocycles. The number of halogens is 1. The van der Waals surface area contributed by atoms with Crippen molar-refractivity contribution in [3.05, 3.63) is 59.5 Å². The highest BCUT2D eigenvalue weighted by atomic mass is 32.2. The molecule has 2 aromatic rings. The summed E-state index contributed by atoms with van der Waals surface area (Å²) >= 11 is 0. The quantitative estimate of drug-likeness (QED) is 0.866. The number of pyridine rings is 1. The number of nitrogens with two attached hydrogens (primary N) is 1. The first-order chi connectivity index (χ1) is 9.53. The zero-order valence-corrected chi connectivity index (χ0v) is 11.4. The van der Waals surface area contributed by atoms with Gasteiger partial charge in [0, 0.05) is 24.8 Å². The highest BCUT2D eigenvalue weighted by Gasteiger charge is 2.15. The normalized spacial score (nSPS) is 11.5. The summed E-state index contributed by atoms with van der Waals surface area (Å²) in [6, 6.07) is 8.93. The summed E-state index contributed by atoms with van der Waals surface area (Å²) in [5, 5.41) is -0.119. The maximum atomic E-state index is 13.4. The lowest BCUT2D eigenvalue weighted by Gasteiger charge is -2.07. The molecule has 0 aliphatic carbocycles. The minimum absolute atomic E-state index is 0.119. The number of hydrogen-bond donors (Lipinski definition) is 2. The molecule has 2 rings (SSSR count). The van der Waals surface area contributed by atoms with Gasteiger partial charge < -0.3 is 5.73 Å². The van der Waals surface area contributed by atoms with E-state index in [1.165, 1.54) is 24.4 Å². The molecule has 106 valence electrons. The van der Waals surface area contributed by atoms with E-state index in [1.807, 2.05) is 0 Å². The number of aromatic nitrogens is 1. The zero-order valence-electron chi connectivity index (χ0n) is 10.6. The average molecular weight is 295 g/mol. The number of benzene rings is 1. The fourth-order valence-corrected chi connectivity index (χ4v) is 2.51. The molecule has 0 bridgehead atoms. The van der Waals surface area contributed by atoms with E-state index in [9.17, 15) is 12.8 Å². The third kappa shape index (κ3) is 3.38. The SMILES string of the molecule is NCc1ccc(S(=O)(=O)NCc2ccccc2F)nc1. The molecule has 7 heteroatoms. The van der Waals surface area contributed by atoms with Crippen molar-refractivity contribution in [2.75, 3.05) is 0 Å². The molecule has 0 amide bonds. The number of rotatable bonds is 5. The van der Waals surface area contributed by atoms with Crippen LogP contribution in [0.4, 0.5) is 4.39 Å². The smallest absolute Gasteiger partial charge is 0.258 e. The predicted molar refractivity (Wildman–Crippen MR) is 72.6 cm³/mol. The Kier molecular flexibility index (Phi) is 4.43. The Morgan fingerprint density at radius 3 is 2.55 bits per heavy atom. The molecule has 0 aliphatic heterocycles. The lowest BCUT2D eigenvalue weighted by molar-refractivity contribution is 0.571. The molecule has 5 nitrogen and oxygen atoms in total. The van der Waals surface area contributed by atoms with Crippen LogP contribution in [0, 0.1) is 5.82 Å². The number of hydrogen-bond acceptors (Lipinski definition) is 4. The van der Waals surface area contributed by atoms with Gasteiger partial charge in [0.15, 0.2) is 5.03 Å². The van der Waals surface area contributed by atoms with E-state index in [-0.39, 0.29) is 23.7 Å². The van der Waals surface area contributed by atoms with E-state index in [4.69, 9.17) is 5.73 Å². The van der Waals surface area contributed by atoms with Crippen molar-refractivity contribution in [3.63, 3.8) is 0 Å². The monoisotopic (exact) mass is 295 g/mol. The Morgan fingerprint density at radius 1 is 1.20 bits per heavy atom. The van der Waals surface area contributed by atoms with E-state index in [0.717, 1.165) is 5.56 Å². The van der Waals surface area contributed by atoms with Crippen molar-refractivity contribution >= 4 is 10.0 Å². The molecule has 0 unspecified atom stereocenters. The van der Waals surface area contributed by atoms with Gasteiger partial charge in [-0.25, -0.2) is 22.5 Å². The van der Waals surface area contributed by atoms with Gasteiger partial charge in [0.2, 0.25) is 0 Å². The van der Waals surface area contributed by atoms with Gasteiger partial charge in [-0.2, -0.15) is 0 Å². The minimum Gasteiger partial charge on any atom is -0.326 e. The number of nitrogens with zero attached hydrogens (tertiary/aromatic N) is 1. The van der Waals surface area contributed by atoms with E-state index >= 15 is 0 Å². The minimum atomic E-state index is -3.77. The fraction of sp³-hybridized carbons (Fsp3) is 0.154. The molecule has 0 spiro atoms. The summed E-state index contributed by atoms with van der Waals surface area (Å²) in [5.41, 5.74) is 6.42. The van der Waals surface area contributed by atoms with Gasteiger partial charge in [-0.1, -0.05) is 24.3 Å². The summed E-state index contributed by atoms with van der Waals surface area (Å²) in [7, 11) is -3.77. The molecular weight excluding hydrogens is 281 g/mol. The topological polar surface area (TPSA) is 85.1 Å². The predicted octanol–water partition coefficient (Wildman–Crippen LogP) is 1.16. The lowest BCUT2D eigenvalue weighted by Crippen LogP contribution is -2.24. The first-order valence-corrected chi connectivity index (χ1v) is 7.39. The third-order valence-electron chi connectivity index (χ3n) is 2.72. The van der Waals surface area contributed by atoms with E-state index in [1.54, 1.807) is 18.2 Å². The largest absolute Gasteiger partial charge is 0.326 e. The standard InChI is InChI=1S/C13H14FN3O2S/c14-12-4-2-1-3-11(12)9-17-20(18,19)13-6-5-10(7-15)8-16-13/h1-6,8,17H,7,9,15H2. The van der Waals surface area contributed by atoms with Crippen LogP contribution in [0.2, 0.25) is 0 Å². The summed E-state index contributed by atoms with van der Waals surface area (Å²) in [4.78, 5) is 3.83. The lowest BCUT2D eigenvalue weighted by atomic mass is 10.2. The summed E-state index contributed by atoms with van der Waals surface area (Å²) in [6.07, 6.45) is 1.40. The first kappa shape index (κ1) is 14.6. The Morgan fingerprint density at radius 2 is 1.95 bits per heavy atom. The molecule has 0 saturated heterocycles. The van der Waals surface area contributed by atoms with Crippen molar-refractivity contribution in [3.8, 4) is 0 Å². The van der Waals surface area contributed by atoms with Crippen LogP contribution in [0.25, 0.3) is 0 Å². The van der Waals surface area contributed by atoms with Crippen LogP contribution in [-0.2, 0) is 23.1 Å². The maximum absolute atomic E-state index is 13.4. The van der Waals surface area contributed by atoms with Crippen LogP contribution in [0.15, 0.2) is 47.6 Å². The molecule has 1 heterocycles. The Balaban J connectivity index is 2.13. The van der Waals surface area contributed by atoms with E-state index < -0.39 is 15.8 Å². The van der Waals surface area contributed by atoms with Crippen LogP contribution in [-0.4, -0.2) is 13.4 Å². The van der Waals surface area contributed by atoms with Gasteiger partial charge in [-0.05, 0) is 17.7 Å². The van der Waals surface area contributed by atoms with Crippen LogP contribution >= 0.6 is 0 Å². The highest BCUT2D eigenvalue weighted by molar-refractivity contribution is 7.89. The second-order valence-corrected chi connectivity index (χ2v) is 5.84. The third-order valence-corrected chi connectivity index (χ3v) is 4.04. The first-order valence-electron chi connectivity index (χ1n) is 5.91. The second-order valence-electron chi connectivity index (χ2n) is 4.12. The van der Waals surface area contributed by atoms with Gasteiger partial charge in [-0.15, -0.1) is 0 Å². The number of sulfonamides is 1. The van der Waals surface area contributed by atoms with Gasteiger partial charge in [0.1, 0.15) is 5.82 Å². The van der Waals surface area contributed by atoms with Crippen molar-refractivity contribution in [2.45, 2.75) is 18.1 Å². The number of nitrogens with one attached hydrogen (secondary N) is 1. The molecule has 20 heavy (non-hydrogen) atoms. The van der Waals surface area contributed by atoms with Gasteiger partial charge in [0.25, 0.3) is 10.0 Å². The molecule has 0 fully saturated rings. The Bertz CT molecular complexity index is 687. The van der Waals surface area contributed by atoms with Gasteiger partial charge in [0.05, 0.1) is 0 Å². The molecule has 0 aliphatic rings. The van der Waals surface area contributed by atoms with Crippen molar-refractivity contribution < 1.29 is 12.8 Å². The van der Waals surface area contributed by atoms with Crippen LogP contribution in [0.1, 0.15) is 11.1 Å². The summed E-state index contributed by atoms with van der Waals surface area (Å²) in [5.74, 6) is -0.457. The van der Waals surface area contributed by atoms with Gasteiger partial charge in [-0.3, -0.25) is 0 Å². The highest BCUT2D eigenvalue weighted by Crippen LogP contribution is 2.10. The van der Waals surface area contributed by atoms with Crippen molar-refractivity contribution in [2.24, 2.45) is 5.73 Å². The summed E-state index contributed by atoms with van der Waals surface area (Å²) in [6.45, 7) is 0.158. The molecule has 0 saturated carbocycles. The van der Waals surface area contributed by atoms with Crippen molar-refractivity contribution in [1.29, 1.82) is 0 Å². The van der Waals surface area contributed by atoms with Crippen LogP contribution in [0.5, 0.6) is 0 Å². The van der Waals surface area contributed by atoms with Gasteiger partial charge >= 0.3 is 0 Å². The van der Waals surface area contributed by atoms with Crippen molar-refractivity contribution in [1.82, 2.24) is 9.71 Å².